The molecule has 1 aliphatic rings. The molecule has 15 heavy (non-hydrogen) atoms. The summed E-state index contributed by atoms with van der Waals surface area (Å²) < 4.78 is 5.43. The summed E-state index contributed by atoms with van der Waals surface area (Å²) in [5.74, 6) is 3.78. The predicted molar refractivity (Wildman–Crippen MR) is 62.0 cm³/mol. The van der Waals surface area contributed by atoms with E-state index in [1.807, 2.05) is 30.8 Å². The number of hydrogen-bond donors (Lipinski definition) is 2. The van der Waals surface area contributed by atoms with Gasteiger partial charge in [0.1, 0.15) is 11.5 Å². The first-order valence-corrected chi connectivity index (χ1v) is 6.40. The van der Waals surface area contributed by atoms with Crippen molar-refractivity contribution < 1.29 is 9.52 Å². The van der Waals surface area contributed by atoms with Crippen LogP contribution < -0.4 is 5.32 Å². The van der Waals surface area contributed by atoms with Crippen LogP contribution in [0.25, 0.3) is 0 Å². The van der Waals surface area contributed by atoms with Gasteiger partial charge in [0.05, 0.1) is 12.1 Å². The lowest BCUT2D eigenvalue weighted by Gasteiger charge is -2.21. The van der Waals surface area contributed by atoms with Gasteiger partial charge in [0, 0.05) is 12.3 Å². The molecule has 2 heterocycles. The Kier molecular flexibility index (Phi) is 3.38. The summed E-state index contributed by atoms with van der Waals surface area (Å²) in [7, 11) is 0. The van der Waals surface area contributed by atoms with Crippen LogP contribution in [0.5, 0.6) is 0 Å². The van der Waals surface area contributed by atoms with E-state index in [1.54, 1.807) is 0 Å². The minimum atomic E-state index is -0.508. The Labute approximate surface area is 94.2 Å². The number of hydrogen-bond acceptors (Lipinski definition) is 4. The van der Waals surface area contributed by atoms with Gasteiger partial charge in [0.25, 0.3) is 0 Å². The number of thioether (sulfide) groups is 1. The van der Waals surface area contributed by atoms with Gasteiger partial charge in [-0.2, -0.15) is 11.8 Å². The fraction of sp³-hybridized carbons (Fsp3) is 0.636. The van der Waals surface area contributed by atoms with Gasteiger partial charge in [-0.25, -0.2) is 0 Å². The van der Waals surface area contributed by atoms with Gasteiger partial charge in [0.2, 0.25) is 0 Å². The maximum absolute atomic E-state index is 10.1. The number of aryl methyl sites for hydroxylation is 1. The number of nitrogens with one attached hydrogen (secondary N) is 1. The molecule has 0 saturated carbocycles. The molecule has 2 rings (SSSR count). The average Bonchev–Trinajstić information content (AvgIpc) is 2.76. The fourth-order valence-corrected chi connectivity index (χ4v) is 3.03. The van der Waals surface area contributed by atoms with Crippen LogP contribution in [-0.4, -0.2) is 28.8 Å². The lowest BCUT2D eigenvalue weighted by Crippen LogP contribution is -2.40. The number of furan rings is 1. The predicted octanol–water partition coefficient (Wildman–Crippen LogP) is 1.55. The average molecular weight is 227 g/mol. The van der Waals surface area contributed by atoms with Crippen LogP contribution in [0.1, 0.15) is 17.9 Å². The van der Waals surface area contributed by atoms with Gasteiger partial charge in [-0.3, -0.25) is 0 Å². The van der Waals surface area contributed by atoms with E-state index in [2.05, 4.69) is 5.32 Å². The van der Waals surface area contributed by atoms with Crippen molar-refractivity contribution in [2.75, 3.05) is 18.1 Å². The summed E-state index contributed by atoms with van der Waals surface area (Å²) in [6.45, 7) is 3.28. The van der Waals surface area contributed by atoms with Crippen molar-refractivity contribution in [3.05, 3.63) is 23.7 Å². The molecule has 3 nitrogen and oxygen atoms in total. The van der Waals surface area contributed by atoms with Crippen LogP contribution in [-0.2, 0) is 6.54 Å². The fourth-order valence-electron chi connectivity index (χ4n) is 1.73. The van der Waals surface area contributed by atoms with Crippen molar-refractivity contribution >= 4 is 11.8 Å². The highest BCUT2D eigenvalue weighted by atomic mass is 32.2. The zero-order chi connectivity index (χ0) is 10.7. The van der Waals surface area contributed by atoms with E-state index in [0.29, 0.717) is 13.1 Å². The quantitative estimate of drug-likeness (QED) is 0.819. The van der Waals surface area contributed by atoms with Crippen LogP contribution in [0.2, 0.25) is 0 Å². The van der Waals surface area contributed by atoms with Gasteiger partial charge in [-0.1, -0.05) is 0 Å². The van der Waals surface area contributed by atoms with Gasteiger partial charge in [0.15, 0.2) is 0 Å². The summed E-state index contributed by atoms with van der Waals surface area (Å²) in [5.41, 5.74) is -0.508. The van der Waals surface area contributed by atoms with Gasteiger partial charge in [-0.05, 0) is 31.2 Å². The van der Waals surface area contributed by atoms with E-state index in [9.17, 15) is 5.11 Å². The van der Waals surface area contributed by atoms with Crippen molar-refractivity contribution in [3.63, 3.8) is 0 Å². The van der Waals surface area contributed by atoms with Crippen LogP contribution in [0.4, 0.5) is 0 Å². The third-order valence-corrected chi connectivity index (χ3v) is 3.87. The molecule has 0 aromatic carbocycles. The molecular weight excluding hydrogens is 210 g/mol. The molecule has 1 aliphatic heterocycles. The van der Waals surface area contributed by atoms with Crippen molar-refractivity contribution in [1.82, 2.24) is 5.32 Å². The van der Waals surface area contributed by atoms with Crippen molar-refractivity contribution in [1.29, 1.82) is 0 Å². The molecule has 0 amide bonds. The molecule has 1 saturated heterocycles. The van der Waals surface area contributed by atoms with Crippen molar-refractivity contribution in [2.24, 2.45) is 0 Å². The second-order valence-corrected chi connectivity index (χ2v) is 5.25. The first-order valence-electron chi connectivity index (χ1n) is 5.24. The molecule has 0 aliphatic carbocycles. The van der Waals surface area contributed by atoms with Crippen LogP contribution >= 0.6 is 11.8 Å². The molecule has 84 valence electrons. The van der Waals surface area contributed by atoms with E-state index in [-0.39, 0.29) is 0 Å². The Morgan fingerprint density at radius 1 is 1.60 bits per heavy atom. The van der Waals surface area contributed by atoms with Gasteiger partial charge in [-0.15, -0.1) is 0 Å². The summed E-state index contributed by atoms with van der Waals surface area (Å²) in [4.78, 5) is 0. The first kappa shape index (κ1) is 11.0. The summed E-state index contributed by atoms with van der Waals surface area (Å²) in [5, 5.41) is 13.3. The Morgan fingerprint density at radius 2 is 2.47 bits per heavy atom. The maximum atomic E-state index is 10.1. The third-order valence-electron chi connectivity index (χ3n) is 2.63. The van der Waals surface area contributed by atoms with E-state index in [4.69, 9.17) is 4.42 Å². The lowest BCUT2D eigenvalue weighted by molar-refractivity contribution is 0.0670. The summed E-state index contributed by atoms with van der Waals surface area (Å²) >= 11 is 1.82. The summed E-state index contributed by atoms with van der Waals surface area (Å²) in [6, 6.07) is 3.92. The monoisotopic (exact) mass is 227 g/mol. The van der Waals surface area contributed by atoms with E-state index >= 15 is 0 Å². The number of aliphatic hydroxyl groups is 1. The molecule has 2 N–H and O–H groups in total. The molecular formula is C11H17NO2S. The highest BCUT2D eigenvalue weighted by Gasteiger charge is 2.30. The molecule has 1 atom stereocenters. The van der Waals surface area contributed by atoms with Crippen LogP contribution in [0.3, 0.4) is 0 Å². The highest BCUT2D eigenvalue weighted by molar-refractivity contribution is 7.99. The molecule has 1 fully saturated rings. The van der Waals surface area contributed by atoms with Crippen molar-refractivity contribution in [2.45, 2.75) is 25.5 Å². The Balaban J connectivity index is 1.75. The second kappa shape index (κ2) is 4.60. The van der Waals surface area contributed by atoms with Crippen molar-refractivity contribution in [3.8, 4) is 0 Å². The molecule has 0 bridgehead atoms. The highest BCUT2D eigenvalue weighted by Crippen LogP contribution is 2.27. The van der Waals surface area contributed by atoms with Gasteiger partial charge >= 0.3 is 0 Å². The SMILES string of the molecule is Cc1ccc(CNCC2(O)CCSC2)o1. The van der Waals surface area contributed by atoms with E-state index < -0.39 is 5.60 Å². The molecule has 1 aromatic heterocycles. The lowest BCUT2D eigenvalue weighted by atomic mass is 10.0. The smallest absolute Gasteiger partial charge is 0.117 e. The minimum absolute atomic E-state index is 0.508. The number of rotatable bonds is 4. The molecule has 1 aromatic rings. The Morgan fingerprint density at radius 3 is 3.07 bits per heavy atom. The van der Waals surface area contributed by atoms with E-state index in [0.717, 1.165) is 29.4 Å². The Hall–Kier alpha value is -0.450. The minimum Gasteiger partial charge on any atom is -0.465 e. The standard InChI is InChI=1S/C11H17NO2S/c1-9-2-3-10(14-9)6-12-7-11(13)4-5-15-8-11/h2-3,12-13H,4-8H2,1H3. The Bertz CT molecular complexity index is 318. The van der Waals surface area contributed by atoms with Crippen LogP contribution in [0.15, 0.2) is 16.5 Å². The van der Waals surface area contributed by atoms with Crippen LogP contribution in [0, 0.1) is 6.92 Å². The normalized spacial score (nSPS) is 26.0. The van der Waals surface area contributed by atoms with E-state index in [1.165, 1.54) is 0 Å². The van der Waals surface area contributed by atoms with Gasteiger partial charge < -0.3 is 14.8 Å². The maximum Gasteiger partial charge on any atom is 0.117 e. The topological polar surface area (TPSA) is 45.4 Å². The molecule has 0 spiro atoms. The molecule has 0 radical (unpaired) electrons. The first-order chi connectivity index (χ1) is 7.18. The third kappa shape index (κ3) is 3.00. The largest absolute Gasteiger partial charge is 0.465 e. The molecule has 1 unspecified atom stereocenters. The molecule has 4 heteroatoms. The zero-order valence-corrected chi connectivity index (χ0v) is 9.77. The zero-order valence-electron chi connectivity index (χ0n) is 8.95. The summed E-state index contributed by atoms with van der Waals surface area (Å²) in [6.07, 6.45) is 0.891. The second-order valence-electron chi connectivity index (χ2n) is 4.14.